The molecule has 0 N–H and O–H groups in total. The van der Waals surface area contributed by atoms with Crippen LogP contribution in [-0.2, 0) is 0 Å². The SMILES string of the molecule is COc1ccc(C(C)N(C)C(=O)c2cccc(Cl)c2)cc1. The summed E-state index contributed by atoms with van der Waals surface area (Å²) in [7, 11) is 3.42. The standard InChI is InChI=1S/C17H18ClNO2/c1-12(13-7-9-16(21-3)10-8-13)19(2)17(20)14-5-4-6-15(18)11-14/h4-12H,1-3H3. The molecule has 4 heteroatoms. The Hall–Kier alpha value is -2.00. The van der Waals surface area contributed by atoms with Crippen LogP contribution < -0.4 is 4.74 Å². The Morgan fingerprint density at radius 2 is 1.86 bits per heavy atom. The summed E-state index contributed by atoms with van der Waals surface area (Å²) in [6.45, 7) is 1.99. The average Bonchev–Trinajstić information content (AvgIpc) is 2.53. The molecule has 1 unspecified atom stereocenters. The number of amides is 1. The monoisotopic (exact) mass is 303 g/mol. The topological polar surface area (TPSA) is 29.5 Å². The van der Waals surface area contributed by atoms with Gasteiger partial charge in [-0.25, -0.2) is 0 Å². The lowest BCUT2D eigenvalue weighted by Crippen LogP contribution is -2.29. The van der Waals surface area contributed by atoms with Crippen molar-refractivity contribution in [1.82, 2.24) is 4.90 Å². The van der Waals surface area contributed by atoms with Gasteiger partial charge >= 0.3 is 0 Å². The number of methoxy groups -OCH3 is 1. The third kappa shape index (κ3) is 3.56. The number of benzene rings is 2. The molecule has 110 valence electrons. The van der Waals surface area contributed by atoms with E-state index in [1.54, 1.807) is 43.3 Å². The van der Waals surface area contributed by atoms with Crippen LogP contribution >= 0.6 is 11.6 Å². The van der Waals surface area contributed by atoms with Crippen LogP contribution in [0.1, 0.15) is 28.9 Å². The van der Waals surface area contributed by atoms with Crippen LogP contribution in [0, 0.1) is 0 Å². The molecule has 2 aromatic carbocycles. The second-order valence-corrected chi connectivity index (χ2v) is 5.31. The zero-order valence-electron chi connectivity index (χ0n) is 12.3. The molecule has 0 fully saturated rings. The minimum Gasteiger partial charge on any atom is -0.497 e. The number of hydrogen-bond acceptors (Lipinski definition) is 2. The normalized spacial score (nSPS) is 11.8. The lowest BCUT2D eigenvalue weighted by molar-refractivity contribution is 0.0742. The van der Waals surface area contributed by atoms with Crippen molar-refractivity contribution in [3.05, 3.63) is 64.7 Å². The predicted molar refractivity (Wildman–Crippen MR) is 85.0 cm³/mol. The lowest BCUT2D eigenvalue weighted by atomic mass is 10.1. The summed E-state index contributed by atoms with van der Waals surface area (Å²) >= 11 is 5.94. The Labute approximate surface area is 130 Å². The largest absolute Gasteiger partial charge is 0.497 e. The van der Waals surface area contributed by atoms with Crippen molar-refractivity contribution in [2.45, 2.75) is 13.0 Å². The van der Waals surface area contributed by atoms with Gasteiger partial charge in [-0.3, -0.25) is 4.79 Å². The summed E-state index contributed by atoms with van der Waals surface area (Å²) in [5.74, 6) is 0.746. The molecule has 0 aliphatic rings. The van der Waals surface area contributed by atoms with Gasteiger partial charge in [0, 0.05) is 17.6 Å². The fraction of sp³-hybridized carbons (Fsp3) is 0.235. The third-order valence-corrected chi connectivity index (χ3v) is 3.81. The fourth-order valence-corrected chi connectivity index (χ4v) is 2.30. The van der Waals surface area contributed by atoms with Gasteiger partial charge in [0.2, 0.25) is 0 Å². The van der Waals surface area contributed by atoms with Gasteiger partial charge in [-0.2, -0.15) is 0 Å². The van der Waals surface area contributed by atoms with Gasteiger partial charge in [0.15, 0.2) is 0 Å². The first-order valence-electron chi connectivity index (χ1n) is 6.69. The van der Waals surface area contributed by atoms with Crippen molar-refractivity contribution in [1.29, 1.82) is 0 Å². The molecule has 1 atom stereocenters. The number of rotatable bonds is 4. The molecule has 2 rings (SSSR count). The smallest absolute Gasteiger partial charge is 0.254 e. The van der Waals surface area contributed by atoms with Crippen molar-refractivity contribution >= 4 is 17.5 Å². The van der Waals surface area contributed by atoms with Crippen molar-refractivity contribution in [2.75, 3.05) is 14.2 Å². The molecule has 21 heavy (non-hydrogen) atoms. The second-order valence-electron chi connectivity index (χ2n) is 4.88. The van der Waals surface area contributed by atoms with Crippen LogP contribution in [-0.4, -0.2) is 25.0 Å². The first-order valence-corrected chi connectivity index (χ1v) is 7.07. The van der Waals surface area contributed by atoms with Crippen molar-refractivity contribution in [3.63, 3.8) is 0 Å². The number of halogens is 1. The highest BCUT2D eigenvalue weighted by Gasteiger charge is 2.19. The van der Waals surface area contributed by atoms with E-state index in [9.17, 15) is 4.79 Å². The van der Waals surface area contributed by atoms with E-state index in [1.807, 2.05) is 31.2 Å². The quantitative estimate of drug-likeness (QED) is 0.848. The molecular formula is C17H18ClNO2. The summed E-state index contributed by atoms with van der Waals surface area (Å²) in [5, 5.41) is 0.561. The molecular weight excluding hydrogens is 286 g/mol. The van der Waals surface area contributed by atoms with Gasteiger partial charge < -0.3 is 9.64 Å². The van der Waals surface area contributed by atoms with E-state index in [-0.39, 0.29) is 11.9 Å². The zero-order chi connectivity index (χ0) is 15.4. The van der Waals surface area contributed by atoms with Crippen LogP contribution in [0.5, 0.6) is 5.75 Å². The van der Waals surface area contributed by atoms with Crippen LogP contribution in [0.15, 0.2) is 48.5 Å². The van der Waals surface area contributed by atoms with E-state index >= 15 is 0 Å². The van der Waals surface area contributed by atoms with Crippen molar-refractivity contribution in [3.8, 4) is 5.75 Å². The second kappa shape index (κ2) is 6.64. The fourth-order valence-electron chi connectivity index (χ4n) is 2.11. The maximum absolute atomic E-state index is 12.5. The van der Waals surface area contributed by atoms with E-state index in [1.165, 1.54) is 0 Å². The molecule has 0 heterocycles. The molecule has 0 aliphatic carbocycles. The molecule has 0 radical (unpaired) electrons. The Morgan fingerprint density at radius 3 is 2.43 bits per heavy atom. The van der Waals surface area contributed by atoms with E-state index in [2.05, 4.69) is 0 Å². The van der Waals surface area contributed by atoms with Crippen molar-refractivity contribution < 1.29 is 9.53 Å². The number of nitrogens with zero attached hydrogens (tertiary/aromatic N) is 1. The molecule has 0 bridgehead atoms. The van der Waals surface area contributed by atoms with E-state index in [0.29, 0.717) is 10.6 Å². The molecule has 0 aliphatic heterocycles. The number of carbonyl (C=O) groups excluding carboxylic acids is 1. The Balaban J connectivity index is 2.17. The van der Waals surface area contributed by atoms with Gasteiger partial charge in [0.1, 0.15) is 5.75 Å². The van der Waals surface area contributed by atoms with Crippen LogP contribution in [0.25, 0.3) is 0 Å². The highest BCUT2D eigenvalue weighted by Crippen LogP contribution is 2.23. The molecule has 0 saturated heterocycles. The summed E-state index contributed by atoms with van der Waals surface area (Å²) in [6.07, 6.45) is 0. The van der Waals surface area contributed by atoms with E-state index < -0.39 is 0 Å². The third-order valence-electron chi connectivity index (χ3n) is 3.57. The minimum absolute atomic E-state index is 0.0395. The number of hydrogen-bond donors (Lipinski definition) is 0. The Kier molecular flexibility index (Phi) is 4.86. The van der Waals surface area contributed by atoms with E-state index in [0.717, 1.165) is 11.3 Å². The van der Waals surface area contributed by atoms with E-state index in [4.69, 9.17) is 16.3 Å². The summed E-state index contributed by atoms with van der Waals surface area (Å²) in [4.78, 5) is 14.2. The summed E-state index contributed by atoms with van der Waals surface area (Å²) < 4.78 is 5.14. The first-order chi connectivity index (χ1) is 10.0. The summed E-state index contributed by atoms with van der Waals surface area (Å²) in [6, 6.07) is 14.7. The predicted octanol–water partition coefficient (Wildman–Crippen LogP) is 4.18. The van der Waals surface area contributed by atoms with Crippen molar-refractivity contribution in [2.24, 2.45) is 0 Å². The van der Waals surface area contributed by atoms with Gasteiger partial charge in [-0.15, -0.1) is 0 Å². The highest BCUT2D eigenvalue weighted by atomic mass is 35.5. The molecule has 2 aromatic rings. The van der Waals surface area contributed by atoms with Crippen LogP contribution in [0.4, 0.5) is 0 Å². The molecule has 0 spiro atoms. The minimum atomic E-state index is -0.0548. The van der Waals surface area contributed by atoms with Gasteiger partial charge in [0.05, 0.1) is 13.2 Å². The van der Waals surface area contributed by atoms with Crippen LogP contribution in [0.3, 0.4) is 0 Å². The van der Waals surface area contributed by atoms with Gasteiger partial charge in [0.25, 0.3) is 5.91 Å². The van der Waals surface area contributed by atoms with Gasteiger partial charge in [-0.1, -0.05) is 29.8 Å². The molecule has 3 nitrogen and oxygen atoms in total. The average molecular weight is 304 g/mol. The molecule has 0 aromatic heterocycles. The molecule has 0 saturated carbocycles. The Bertz CT molecular complexity index is 625. The number of ether oxygens (including phenoxy) is 1. The van der Waals surface area contributed by atoms with Crippen LogP contribution in [0.2, 0.25) is 5.02 Å². The Morgan fingerprint density at radius 1 is 1.19 bits per heavy atom. The molecule has 1 amide bonds. The van der Waals surface area contributed by atoms with Gasteiger partial charge in [-0.05, 0) is 42.8 Å². The zero-order valence-corrected chi connectivity index (χ0v) is 13.1. The highest BCUT2D eigenvalue weighted by molar-refractivity contribution is 6.30. The maximum Gasteiger partial charge on any atom is 0.254 e. The first kappa shape index (κ1) is 15.4. The lowest BCUT2D eigenvalue weighted by Gasteiger charge is -2.25. The number of carbonyl (C=O) groups is 1. The maximum atomic E-state index is 12.5. The summed E-state index contributed by atoms with van der Waals surface area (Å²) in [5.41, 5.74) is 1.64.